The maximum absolute atomic E-state index is 9.45. The molecule has 0 aromatic carbocycles. The van der Waals surface area contributed by atoms with E-state index in [9.17, 15) is 9.59 Å². The number of carboxylic acids is 2. The molecule has 0 aromatic heterocycles. The van der Waals surface area contributed by atoms with Crippen LogP contribution in [0.15, 0.2) is 0 Å². The van der Waals surface area contributed by atoms with Crippen molar-refractivity contribution in [1.29, 1.82) is 0 Å². The minimum absolute atomic E-state index is 0. The molecule has 0 saturated heterocycles. The summed E-state index contributed by atoms with van der Waals surface area (Å²) < 4.78 is 0. The molecule has 0 fully saturated rings. The molecule has 4 N–H and O–H groups in total. The normalized spacial score (nSPS) is 7.13. The van der Waals surface area contributed by atoms with Crippen molar-refractivity contribution < 1.29 is 30.0 Å². The van der Waals surface area contributed by atoms with Crippen LogP contribution in [0.4, 0.5) is 0 Å². The number of aliphatic hydroxyl groups is 2. The number of carbonyl (C=O) groups is 2. The molecule has 0 amide bonds. The van der Waals surface area contributed by atoms with E-state index in [1.54, 1.807) is 0 Å². The van der Waals surface area contributed by atoms with E-state index in [1.807, 2.05) is 0 Å². The van der Waals surface area contributed by atoms with Gasteiger partial charge in [0.05, 0.1) is 0 Å². The SMILES string of the molecule is CC(O)C(=O)O.CC(O)C(=O)O.[KH].[KH].[KH].[KH].[KH].[KH].[KH].[KH].[KH].[KH].[KH]. The summed E-state index contributed by atoms with van der Waals surface area (Å²) in [6, 6.07) is 0. The average Bonchev–Trinajstić information content (AvgIpc) is 1.88. The molecule has 0 saturated carbocycles. The molecule has 6 nitrogen and oxygen atoms in total. The third kappa shape index (κ3) is 85.4. The third-order valence-corrected chi connectivity index (χ3v) is 0.715. The fourth-order valence-corrected chi connectivity index (χ4v) is 0. The monoisotopic (exact) mass is 620 g/mol. The molecule has 17 heteroatoms. The predicted octanol–water partition coefficient (Wildman–Crippen LogP) is -8.23. The van der Waals surface area contributed by atoms with Gasteiger partial charge in [0.15, 0.2) is 0 Å². The summed E-state index contributed by atoms with van der Waals surface area (Å²) in [5.41, 5.74) is 0. The molecular formula is C6H23K11O6. The average molecular weight is 621 g/mol. The van der Waals surface area contributed by atoms with Gasteiger partial charge in [-0.15, -0.1) is 0 Å². The molecule has 2 unspecified atom stereocenters. The summed E-state index contributed by atoms with van der Waals surface area (Å²) >= 11 is 0. The van der Waals surface area contributed by atoms with Gasteiger partial charge in [0.2, 0.25) is 0 Å². The van der Waals surface area contributed by atoms with Crippen LogP contribution in [0.2, 0.25) is 0 Å². The number of carboxylic acid groups (broad SMARTS) is 2. The van der Waals surface area contributed by atoms with Crippen LogP contribution in [0, 0.1) is 0 Å². The number of hydrogen-bond donors (Lipinski definition) is 4. The van der Waals surface area contributed by atoms with Crippen LogP contribution < -0.4 is 0 Å². The predicted molar refractivity (Wildman–Crippen MR) is 117 cm³/mol. The Morgan fingerprint density at radius 3 is 0.565 bits per heavy atom. The quantitative estimate of drug-likeness (QED) is 0.228. The van der Waals surface area contributed by atoms with E-state index in [1.165, 1.54) is 13.8 Å². The Labute approximate surface area is 607 Å². The molecule has 0 spiro atoms. The van der Waals surface area contributed by atoms with Gasteiger partial charge < -0.3 is 20.4 Å². The molecule has 0 aliphatic carbocycles. The van der Waals surface area contributed by atoms with Crippen LogP contribution >= 0.6 is 0 Å². The zero-order chi connectivity index (χ0) is 10.3. The second kappa shape index (κ2) is 66.9. The molecule has 0 rings (SSSR count). The van der Waals surface area contributed by atoms with E-state index >= 15 is 0 Å². The van der Waals surface area contributed by atoms with Crippen molar-refractivity contribution in [3.8, 4) is 0 Å². The Kier molecular flexibility index (Phi) is 243. The number of rotatable bonds is 2. The second-order valence-electron chi connectivity index (χ2n) is 2.03. The van der Waals surface area contributed by atoms with Crippen molar-refractivity contribution in [2.75, 3.05) is 0 Å². The van der Waals surface area contributed by atoms with Gasteiger partial charge in [0, 0.05) is 0 Å². The van der Waals surface area contributed by atoms with E-state index in [0.717, 1.165) is 0 Å². The summed E-state index contributed by atoms with van der Waals surface area (Å²) in [6.07, 6.45) is -2.46. The van der Waals surface area contributed by atoms with Crippen molar-refractivity contribution in [2.45, 2.75) is 26.1 Å². The first-order valence-corrected chi connectivity index (χ1v) is 3.10. The molecule has 2 atom stereocenters. The van der Waals surface area contributed by atoms with Crippen molar-refractivity contribution in [2.24, 2.45) is 0 Å². The van der Waals surface area contributed by atoms with Crippen molar-refractivity contribution in [3.05, 3.63) is 0 Å². The molecular weight excluding hydrogens is 598 g/mol. The van der Waals surface area contributed by atoms with Crippen LogP contribution in [-0.2, 0) is 9.59 Å². The molecule has 23 heavy (non-hydrogen) atoms. The summed E-state index contributed by atoms with van der Waals surface area (Å²) in [6.45, 7) is 2.39. The fourth-order valence-electron chi connectivity index (χ4n) is 0. The van der Waals surface area contributed by atoms with Gasteiger partial charge in [-0.1, -0.05) is 0 Å². The van der Waals surface area contributed by atoms with Crippen LogP contribution in [0.5, 0.6) is 0 Å². The maximum atomic E-state index is 9.45. The molecule has 0 aromatic rings. The molecule has 0 heterocycles. The van der Waals surface area contributed by atoms with E-state index < -0.39 is 24.1 Å². The van der Waals surface area contributed by atoms with Crippen LogP contribution in [-0.4, -0.2) is 610 Å². The zero-order valence-electron chi connectivity index (χ0n) is 6.76. The summed E-state index contributed by atoms with van der Waals surface area (Å²) in [7, 11) is 0. The summed E-state index contributed by atoms with van der Waals surface area (Å²) in [5.74, 6) is -2.37. The van der Waals surface area contributed by atoms with E-state index in [-0.39, 0.29) is 565 Å². The van der Waals surface area contributed by atoms with Gasteiger partial charge >= 0.3 is 577 Å². The van der Waals surface area contributed by atoms with Gasteiger partial charge in [-0.05, 0) is 13.8 Å². The fraction of sp³-hybridized carbons (Fsp3) is 0.667. The minimum atomic E-state index is -1.23. The van der Waals surface area contributed by atoms with Crippen LogP contribution in [0.1, 0.15) is 13.8 Å². The number of aliphatic carboxylic acids is 2. The third-order valence-electron chi connectivity index (χ3n) is 0.715. The van der Waals surface area contributed by atoms with Crippen molar-refractivity contribution >= 4 is 577 Å². The summed E-state index contributed by atoms with van der Waals surface area (Å²) in [5, 5.41) is 31.5. The second-order valence-corrected chi connectivity index (χ2v) is 2.03. The first-order valence-electron chi connectivity index (χ1n) is 3.10. The van der Waals surface area contributed by atoms with Gasteiger partial charge in [0.25, 0.3) is 0 Å². The van der Waals surface area contributed by atoms with Gasteiger partial charge in [0.1, 0.15) is 12.2 Å². The molecule has 0 aliphatic heterocycles. The van der Waals surface area contributed by atoms with Gasteiger partial charge in [-0.2, -0.15) is 0 Å². The zero-order valence-corrected chi connectivity index (χ0v) is 6.76. The van der Waals surface area contributed by atoms with Crippen molar-refractivity contribution in [3.63, 3.8) is 0 Å². The van der Waals surface area contributed by atoms with Gasteiger partial charge in [-0.3, -0.25) is 0 Å². The van der Waals surface area contributed by atoms with Crippen LogP contribution in [0.25, 0.3) is 0 Å². The topological polar surface area (TPSA) is 115 Å². The summed E-state index contributed by atoms with van der Waals surface area (Å²) in [4.78, 5) is 18.9. The Hall–Kier alpha value is 16.9. The first-order chi connectivity index (χ1) is 5.29. The molecule has 0 bridgehead atoms. The number of hydrogen-bond acceptors (Lipinski definition) is 4. The van der Waals surface area contributed by atoms with E-state index in [0.29, 0.717) is 0 Å². The Bertz CT molecular complexity index is 155. The molecule has 0 radical (unpaired) electrons. The Morgan fingerprint density at radius 2 is 0.565 bits per heavy atom. The van der Waals surface area contributed by atoms with Crippen LogP contribution in [0.3, 0.4) is 0 Å². The van der Waals surface area contributed by atoms with E-state index in [2.05, 4.69) is 0 Å². The molecule has 0 aliphatic rings. The van der Waals surface area contributed by atoms with E-state index in [4.69, 9.17) is 20.4 Å². The van der Waals surface area contributed by atoms with Crippen molar-refractivity contribution in [1.82, 2.24) is 0 Å². The number of aliphatic hydroxyl groups excluding tert-OH is 2. The Balaban J connectivity index is -0.00000000535. The Morgan fingerprint density at radius 1 is 0.522 bits per heavy atom. The standard InChI is InChI=1S/2C3H6O3.11K.11H/c2*1-2(4)3(5)6;;;;;;;;;;;;;;;;;;;;;;/h2*2,4H,1H3,(H,5,6);;;;;;;;;;;;;;;;;;;;;;. The molecule has 94 valence electrons. The van der Waals surface area contributed by atoms with Gasteiger partial charge in [-0.25, -0.2) is 9.59 Å². The first kappa shape index (κ1) is 83.4.